The van der Waals surface area contributed by atoms with Gasteiger partial charge in [0, 0.05) is 0 Å². The lowest BCUT2D eigenvalue weighted by Crippen LogP contribution is -2.24. The van der Waals surface area contributed by atoms with Crippen LogP contribution in [0.5, 0.6) is 0 Å². The first kappa shape index (κ1) is 10.2. The van der Waals surface area contributed by atoms with Gasteiger partial charge < -0.3 is 9.84 Å². The van der Waals surface area contributed by atoms with E-state index in [2.05, 4.69) is 0 Å². The quantitative estimate of drug-likeness (QED) is 0.741. The number of benzene rings is 1. The summed E-state index contributed by atoms with van der Waals surface area (Å²) in [5.41, 5.74) is 1.95. The number of hydrogen-bond donors (Lipinski definition) is 1. The average Bonchev–Trinajstić information content (AvgIpc) is 2.54. The third-order valence-corrected chi connectivity index (χ3v) is 2.74. The van der Waals surface area contributed by atoms with Gasteiger partial charge in [-0.15, -0.1) is 0 Å². The van der Waals surface area contributed by atoms with Gasteiger partial charge in [-0.05, 0) is 24.5 Å². The smallest absolute Gasteiger partial charge is 0.316 e. The highest BCUT2D eigenvalue weighted by atomic mass is 16.5. The molecule has 3 heteroatoms. The van der Waals surface area contributed by atoms with Crippen molar-refractivity contribution in [2.24, 2.45) is 0 Å². The summed E-state index contributed by atoms with van der Waals surface area (Å²) >= 11 is 0. The van der Waals surface area contributed by atoms with Crippen molar-refractivity contribution < 1.29 is 14.6 Å². The van der Waals surface area contributed by atoms with Crippen LogP contribution in [0.2, 0.25) is 0 Å². The molecule has 1 aromatic rings. The van der Waals surface area contributed by atoms with Crippen LogP contribution in [0.1, 0.15) is 24.0 Å². The monoisotopic (exact) mass is 206 g/mol. The molecule has 0 heterocycles. The summed E-state index contributed by atoms with van der Waals surface area (Å²) in [7, 11) is 0. The van der Waals surface area contributed by atoms with Crippen LogP contribution in [0.4, 0.5) is 0 Å². The number of esters is 1. The molecule has 1 aliphatic carbocycles. The molecule has 0 saturated carbocycles. The van der Waals surface area contributed by atoms with Crippen LogP contribution in [0.15, 0.2) is 24.3 Å². The summed E-state index contributed by atoms with van der Waals surface area (Å²) in [5, 5.41) is 9.81. The van der Waals surface area contributed by atoms with E-state index < -0.39 is 12.0 Å². The van der Waals surface area contributed by atoms with Crippen molar-refractivity contribution in [3.63, 3.8) is 0 Å². The van der Waals surface area contributed by atoms with Crippen LogP contribution in [0.3, 0.4) is 0 Å². The zero-order valence-electron chi connectivity index (χ0n) is 8.64. The molecule has 15 heavy (non-hydrogen) atoms. The Bertz CT molecular complexity index is 373. The highest BCUT2D eigenvalue weighted by Gasteiger charge is 2.37. The Hall–Kier alpha value is -1.35. The van der Waals surface area contributed by atoms with E-state index in [1.807, 2.05) is 24.3 Å². The Balaban J connectivity index is 2.29. The molecule has 3 nitrogen and oxygen atoms in total. The van der Waals surface area contributed by atoms with Crippen LogP contribution < -0.4 is 0 Å². The zero-order chi connectivity index (χ0) is 10.8. The van der Waals surface area contributed by atoms with E-state index in [1.165, 1.54) is 0 Å². The van der Waals surface area contributed by atoms with Gasteiger partial charge in [0.1, 0.15) is 5.92 Å². The minimum absolute atomic E-state index is 0.324. The lowest BCUT2D eigenvalue weighted by atomic mass is 10.0. The normalized spacial score (nSPS) is 23.6. The fourth-order valence-corrected chi connectivity index (χ4v) is 2.09. The van der Waals surface area contributed by atoms with Gasteiger partial charge >= 0.3 is 5.97 Å². The molecule has 0 aromatic heterocycles. The first-order valence-corrected chi connectivity index (χ1v) is 5.16. The molecule has 2 atom stereocenters. The summed E-state index contributed by atoms with van der Waals surface area (Å²) < 4.78 is 4.95. The van der Waals surface area contributed by atoms with Crippen molar-refractivity contribution in [3.8, 4) is 0 Å². The first-order valence-electron chi connectivity index (χ1n) is 5.16. The largest absolute Gasteiger partial charge is 0.465 e. The lowest BCUT2D eigenvalue weighted by molar-refractivity contribution is -0.147. The minimum atomic E-state index is -0.638. The molecule has 1 aromatic carbocycles. The number of carbonyl (C=O) groups excluding carboxylic acids is 1. The van der Waals surface area contributed by atoms with Gasteiger partial charge in [0.05, 0.1) is 12.7 Å². The van der Waals surface area contributed by atoms with Gasteiger partial charge in [-0.25, -0.2) is 0 Å². The number of carbonyl (C=O) groups is 1. The number of ether oxygens (including phenoxy) is 1. The fourth-order valence-electron chi connectivity index (χ4n) is 2.09. The maximum Gasteiger partial charge on any atom is 0.316 e. The third kappa shape index (κ3) is 1.75. The maximum absolute atomic E-state index is 11.6. The van der Waals surface area contributed by atoms with E-state index in [1.54, 1.807) is 6.92 Å². The van der Waals surface area contributed by atoms with Crippen LogP contribution in [0.25, 0.3) is 0 Å². The van der Waals surface area contributed by atoms with Crippen LogP contribution in [0, 0.1) is 0 Å². The Labute approximate surface area is 88.7 Å². The number of aliphatic hydroxyl groups excluding tert-OH is 1. The van der Waals surface area contributed by atoms with E-state index >= 15 is 0 Å². The van der Waals surface area contributed by atoms with E-state index in [-0.39, 0.29) is 5.97 Å². The molecule has 0 amide bonds. The topological polar surface area (TPSA) is 46.5 Å². The highest BCUT2D eigenvalue weighted by Crippen LogP contribution is 2.33. The second-order valence-corrected chi connectivity index (χ2v) is 3.70. The number of fused-ring (bicyclic) bond motifs is 1. The summed E-state index contributed by atoms with van der Waals surface area (Å²) in [5.74, 6) is -0.823. The molecule has 2 rings (SSSR count). The Morgan fingerprint density at radius 1 is 1.53 bits per heavy atom. The van der Waals surface area contributed by atoms with Crippen molar-refractivity contribution in [2.45, 2.75) is 25.4 Å². The Morgan fingerprint density at radius 3 is 3.00 bits per heavy atom. The summed E-state index contributed by atoms with van der Waals surface area (Å²) in [6.07, 6.45) is -0.0962. The summed E-state index contributed by atoms with van der Waals surface area (Å²) in [6, 6.07) is 7.62. The molecule has 1 N–H and O–H groups in total. The molecular weight excluding hydrogens is 192 g/mol. The third-order valence-electron chi connectivity index (χ3n) is 2.74. The molecule has 80 valence electrons. The molecule has 0 unspecified atom stereocenters. The van der Waals surface area contributed by atoms with Crippen LogP contribution in [-0.4, -0.2) is 23.8 Å². The predicted octanol–water partition coefficient (Wildman–Crippen LogP) is 1.25. The maximum atomic E-state index is 11.6. The van der Waals surface area contributed by atoms with Gasteiger partial charge in [-0.2, -0.15) is 0 Å². The molecular formula is C12H14O3. The summed E-state index contributed by atoms with van der Waals surface area (Å²) in [4.78, 5) is 11.6. The number of hydrogen-bond acceptors (Lipinski definition) is 3. The van der Waals surface area contributed by atoms with Crippen molar-refractivity contribution in [1.29, 1.82) is 0 Å². The van der Waals surface area contributed by atoms with Crippen molar-refractivity contribution >= 4 is 5.97 Å². The zero-order valence-corrected chi connectivity index (χ0v) is 8.64. The van der Waals surface area contributed by atoms with Gasteiger partial charge in [-0.1, -0.05) is 24.3 Å². The van der Waals surface area contributed by atoms with Crippen molar-refractivity contribution in [3.05, 3.63) is 35.4 Å². The SMILES string of the molecule is CCOC(=O)[C@H]1c2ccccc2C[C@H]1O. The van der Waals surface area contributed by atoms with Crippen LogP contribution in [-0.2, 0) is 16.0 Å². The fraction of sp³-hybridized carbons (Fsp3) is 0.417. The lowest BCUT2D eigenvalue weighted by Gasteiger charge is -2.13. The predicted molar refractivity (Wildman–Crippen MR) is 55.5 cm³/mol. The number of rotatable bonds is 2. The Kier molecular flexibility index (Phi) is 2.73. The highest BCUT2D eigenvalue weighted by molar-refractivity contribution is 5.80. The molecule has 1 aliphatic rings. The van der Waals surface area contributed by atoms with Crippen molar-refractivity contribution in [1.82, 2.24) is 0 Å². The number of aliphatic hydroxyl groups is 1. The molecule has 0 fully saturated rings. The van der Waals surface area contributed by atoms with Crippen molar-refractivity contribution in [2.75, 3.05) is 6.61 Å². The van der Waals surface area contributed by atoms with Gasteiger partial charge in [0.15, 0.2) is 0 Å². The van der Waals surface area contributed by atoms with Gasteiger partial charge in [-0.3, -0.25) is 4.79 Å². The Morgan fingerprint density at radius 2 is 2.27 bits per heavy atom. The second kappa shape index (κ2) is 4.03. The van der Waals surface area contributed by atoms with E-state index in [4.69, 9.17) is 4.74 Å². The summed E-state index contributed by atoms with van der Waals surface area (Å²) in [6.45, 7) is 2.12. The molecule has 0 aliphatic heterocycles. The molecule has 0 radical (unpaired) electrons. The van der Waals surface area contributed by atoms with E-state index in [9.17, 15) is 9.90 Å². The first-order chi connectivity index (χ1) is 7.24. The van der Waals surface area contributed by atoms with E-state index in [0.717, 1.165) is 11.1 Å². The van der Waals surface area contributed by atoms with Crippen LogP contribution >= 0.6 is 0 Å². The van der Waals surface area contributed by atoms with E-state index in [0.29, 0.717) is 13.0 Å². The van der Waals surface area contributed by atoms with Gasteiger partial charge in [0.25, 0.3) is 0 Å². The molecule has 0 spiro atoms. The minimum Gasteiger partial charge on any atom is -0.465 e. The average molecular weight is 206 g/mol. The molecule has 0 bridgehead atoms. The molecule has 0 saturated heterocycles. The second-order valence-electron chi connectivity index (χ2n) is 3.70. The standard InChI is InChI=1S/C12H14O3/c1-2-15-12(14)11-9-6-4-3-5-8(9)7-10(11)13/h3-6,10-11,13H,2,7H2,1H3/t10-,11+/m1/s1. The van der Waals surface area contributed by atoms with Gasteiger partial charge in [0.2, 0.25) is 0 Å².